The van der Waals surface area contributed by atoms with Crippen LogP contribution in [-0.4, -0.2) is 44.2 Å². The number of nitrogens with zero attached hydrogens (tertiary/aromatic N) is 2. The van der Waals surface area contributed by atoms with Crippen molar-refractivity contribution in [2.75, 3.05) is 24.5 Å². The second-order valence-corrected chi connectivity index (χ2v) is 10.2. The van der Waals surface area contributed by atoms with Gasteiger partial charge in [-0.25, -0.2) is 8.42 Å². The van der Waals surface area contributed by atoms with E-state index in [1.54, 1.807) is 24.3 Å². The first kappa shape index (κ1) is 21.8. The van der Waals surface area contributed by atoms with Gasteiger partial charge in [0.05, 0.1) is 4.90 Å². The van der Waals surface area contributed by atoms with Crippen molar-refractivity contribution in [1.82, 2.24) is 9.62 Å². The van der Waals surface area contributed by atoms with E-state index in [0.29, 0.717) is 36.8 Å². The van der Waals surface area contributed by atoms with Gasteiger partial charge in [0.15, 0.2) is 0 Å². The molecule has 0 unspecified atom stereocenters. The number of anilines is 1. The van der Waals surface area contributed by atoms with Gasteiger partial charge >= 0.3 is 0 Å². The van der Waals surface area contributed by atoms with E-state index in [4.69, 9.17) is 11.6 Å². The number of hydrogen-bond acceptors (Lipinski definition) is 4. The largest absolute Gasteiger partial charge is 0.350 e. The van der Waals surface area contributed by atoms with E-state index < -0.39 is 10.0 Å². The summed E-state index contributed by atoms with van der Waals surface area (Å²) in [6.45, 7) is 1.30. The third kappa shape index (κ3) is 4.76. The Kier molecular flexibility index (Phi) is 6.31. The predicted octanol–water partition coefficient (Wildman–Crippen LogP) is 2.72. The summed E-state index contributed by atoms with van der Waals surface area (Å²) in [6.07, 6.45) is 2.44. The Morgan fingerprint density at radius 1 is 1.03 bits per heavy atom. The van der Waals surface area contributed by atoms with E-state index in [2.05, 4.69) is 5.32 Å². The number of carbonyl (C=O) groups excluding carboxylic acids is 2. The van der Waals surface area contributed by atoms with Gasteiger partial charge in [-0.2, -0.15) is 4.31 Å². The quantitative estimate of drug-likeness (QED) is 0.716. The molecule has 31 heavy (non-hydrogen) atoms. The summed E-state index contributed by atoms with van der Waals surface area (Å²) < 4.78 is 27.2. The molecule has 0 spiro atoms. The minimum absolute atomic E-state index is 0.113. The number of carbonyl (C=O) groups is 2. The molecule has 1 fully saturated rings. The van der Waals surface area contributed by atoms with E-state index in [9.17, 15) is 18.0 Å². The molecule has 0 aromatic heterocycles. The van der Waals surface area contributed by atoms with Crippen molar-refractivity contribution in [2.45, 2.75) is 37.1 Å². The maximum absolute atomic E-state index is 12.9. The molecule has 2 aliphatic rings. The van der Waals surface area contributed by atoms with Crippen molar-refractivity contribution in [1.29, 1.82) is 0 Å². The van der Waals surface area contributed by atoms with Crippen molar-refractivity contribution >= 4 is 39.1 Å². The molecule has 4 rings (SSSR count). The molecule has 2 aromatic rings. The molecule has 2 heterocycles. The van der Waals surface area contributed by atoms with E-state index in [1.165, 1.54) is 15.3 Å². The summed E-state index contributed by atoms with van der Waals surface area (Å²) in [5.74, 6) is -0.436. The maximum Gasteiger partial charge on any atom is 0.243 e. The molecule has 2 aromatic carbocycles. The van der Waals surface area contributed by atoms with Gasteiger partial charge in [-0.3, -0.25) is 9.59 Å². The van der Waals surface area contributed by atoms with Crippen LogP contribution < -0.4 is 10.2 Å². The first-order valence-electron chi connectivity index (χ1n) is 10.3. The molecule has 1 N–H and O–H groups in total. The number of nitrogens with one attached hydrogen (secondary N) is 1. The van der Waals surface area contributed by atoms with Gasteiger partial charge in [0, 0.05) is 36.8 Å². The number of fused-ring (bicyclic) bond motifs is 1. The summed E-state index contributed by atoms with van der Waals surface area (Å²) in [5.41, 5.74) is 2.27. The van der Waals surface area contributed by atoms with Crippen molar-refractivity contribution in [3.63, 3.8) is 0 Å². The van der Waals surface area contributed by atoms with Gasteiger partial charge in [0.1, 0.15) is 6.54 Å². The first-order chi connectivity index (χ1) is 14.8. The summed E-state index contributed by atoms with van der Waals surface area (Å²) in [7, 11) is -3.53. The normalized spacial score (nSPS) is 16.9. The molecule has 7 nitrogen and oxygen atoms in total. The number of benzene rings is 2. The van der Waals surface area contributed by atoms with Crippen LogP contribution in [0.5, 0.6) is 0 Å². The Morgan fingerprint density at radius 2 is 1.74 bits per heavy atom. The van der Waals surface area contributed by atoms with Crippen LogP contribution in [0.3, 0.4) is 0 Å². The van der Waals surface area contributed by atoms with Crippen LogP contribution in [0.4, 0.5) is 5.69 Å². The third-order valence-electron chi connectivity index (χ3n) is 5.66. The zero-order chi connectivity index (χ0) is 22.0. The Hall–Kier alpha value is -2.42. The number of rotatable bonds is 6. The molecule has 0 bridgehead atoms. The number of hydrogen-bond donors (Lipinski definition) is 1. The molecule has 0 atom stereocenters. The highest BCUT2D eigenvalue weighted by Crippen LogP contribution is 2.31. The van der Waals surface area contributed by atoms with Crippen LogP contribution in [0, 0.1) is 0 Å². The zero-order valence-corrected chi connectivity index (χ0v) is 18.6. The second kappa shape index (κ2) is 8.98. The lowest BCUT2D eigenvalue weighted by Gasteiger charge is -2.29. The molecule has 2 aliphatic heterocycles. The molecular weight excluding hydrogens is 438 g/mol. The van der Waals surface area contributed by atoms with Gasteiger partial charge in [-0.15, -0.1) is 0 Å². The van der Waals surface area contributed by atoms with Gasteiger partial charge in [0.2, 0.25) is 21.8 Å². The van der Waals surface area contributed by atoms with Gasteiger partial charge < -0.3 is 10.2 Å². The van der Waals surface area contributed by atoms with Gasteiger partial charge in [0.25, 0.3) is 0 Å². The third-order valence-corrected chi connectivity index (χ3v) is 7.81. The van der Waals surface area contributed by atoms with Crippen LogP contribution in [0.15, 0.2) is 47.4 Å². The van der Waals surface area contributed by atoms with E-state index >= 15 is 0 Å². The lowest BCUT2D eigenvalue weighted by molar-refractivity contribution is -0.124. The standard InChI is InChI=1S/C22H24ClN3O4S/c23-18-6-3-16(4-7-18)14-24-21(27)15-26-20-9-8-19(13-17(20)5-10-22(26)28)31(29,30)25-11-1-2-12-25/h3-4,6-9,13H,1-2,5,10-12,14-15H2,(H,24,27). The lowest BCUT2D eigenvalue weighted by atomic mass is 10.0. The minimum Gasteiger partial charge on any atom is -0.350 e. The fourth-order valence-corrected chi connectivity index (χ4v) is 5.64. The summed E-state index contributed by atoms with van der Waals surface area (Å²) >= 11 is 5.87. The fourth-order valence-electron chi connectivity index (χ4n) is 3.95. The molecule has 1 saturated heterocycles. The second-order valence-electron chi connectivity index (χ2n) is 7.78. The molecule has 0 radical (unpaired) electrons. The molecule has 0 aliphatic carbocycles. The van der Waals surface area contributed by atoms with E-state index in [0.717, 1.165) is 24.0 Å². The number of amides is 2. The Bertz CT molecular complexity index is 1100. The highest BCUT2D eigenvalue weighted by molar-refractivity contribution is 7.89. The van der Waals surface area contributed by atoms with Gasteiger partial charge in [-0.05, 0) is 60.7 Å². The Balaban J connectivity index is 1.48. The molecule has 9 heteroatoms. The highest BCUT2D eigenvalue weighted by Gasteiger charge is 2.31. The highest BCUT2D eigenvalue weighted by atomic mass is 35.5. The lowest BCUT2D eigenvalue weighted by Crippen LogP contribution is -2.43. The number of halogens is 1. The monoisotopic (exact) mass is 461 g/mol. The van der Waals surface area contributed by atoms with Crippen molar-refractivity contribution in [3.8, 4) is 0 Å². The zero-order valence-electron chi connectivity index (χ0n) is 17.0. The predicted molar refractivity (Wildman–Crippen MR) is 118 cm³/mol. The Labute approximate surface area is 187 Å². The minimum atomic E-state index is -3.53. The van der Waals surface area contributed by atoms with Crippen molar-refractivity contribution in [3.05, 3.63) is 58.6 Å². The van der Waals surface area contributed by atoms with Crippen LogP contribution in [0.1, 0.15) is 30.4 Å². The van der Waals surface area contributed by atoms with Crippen LogP contribution in [0.2, 0.25) is 5.02 Å². The average Bonchev–Trinajstić information content (AvgIpc) is 3.31. The SMILES string of the molecule is O=C(CN1C(=O)CCc2cc(S(=O)(=O)N3CCCC3)ccc21)NCc1ccc(Cl)cc1. The smallest absolute Gasteiger partial charge is 0.243 e. The van der Waals surface area contributed by atoms with Crippen LogP contribution in [-0.2, 0) is 32.6 Å². The number of sulfonamides is 1. The summed E-state index contributed by atoms with van der Waals surface area (Å²) in [6, 6.07) is 12.0. The Morgan fingerprint density at radius 3 is 2.45 bits per heavy atom. The van der Waals surface area contributed by atoms with E-state index in [1.807, 2.05) is 12.1 Å². The topological polar surface area (TPSA) is 86.8 Å². The van der Waals surface area contributed by atoms with Gasteiger partial charge in [-0.1, -0.05) is 23.7 Å². The number of aryl methyl sites for hydroxylation is 1. The van der Waals surface area contributed by atoms with Crippen molar-refractivity contribution in [2.24, 2.45) is 0 Å². The maximum atomic E-state index is 12.9. The molecular formula is C22H24ClN3O4S. The molecule has 0 saturated carbocycles. The molecule has 2 amide bonds. The summed E-state index contributed by atoms with van der Waals surface area (Å²) in [4.78, 5) is 26.7. The summed E-state index contributed by atoms with van der Waals surface area (Å²) in [5, 5.41) is 3.43. The average molecular weight is 462 g/mol. The first-order valence-corrected chi connectivity index (χ1v) is 12.1. The fraction of sp³-hybridized carbons (Fsp3) is 0.364. The van der Waals surface area contributed by atoms with E-state index in [-0.39, 0.29) is 29.7 Å². The van der Waals surface area contributed by atoms with Crippen molar-refractivity contribution < 1.29 is 18.0 Å². The van der Waals surface area contributed by atoms with Crippen LogP contribution >= 0.6 is 11.6 Å². The van der Waals surface area contributed by atoms with Crippen LogP contribution in [0.25, 0.3) is 0 Å². The molecule has 164 valence electrons.